The monoisotopic (exact) mass is 309 g/mol. The summed E-state index contributed by atoms with van der Waals surface area (Å²) in [5.74, 6) is 0. The van der Waals surface area contributed by atoms with E-state index in [1.54, 1.807) is 11.3 Å². The molecule has 0 amide bonds. The van der Waals surface area contributed by atoms with Gasteiger partial charge in [0.25, 0.3) is 0 Å². The van der Waals surface area contributed by atoms with Crippen LogP contribution in [0.15, 0.2) is 48.7 Å². The lowest BCUT2D eigenvalue weighted by atomic mass is 10.1. The summed E-state index contributed by atoms with van der Waals surface area (Å²) in [6.07, 6.45) is 4.53. The van der Waals surface area contributed by atoms with Gasteiger partial charge in [-0.25, -0.2) is 4.98 Å². The molecule has 112 valence electrons. The van der Waals surface area contributed by atoms with Crippen molar-refractivity contribution in [3.05, 3.63) is 59.1 Å². The Hall–Kier alpha value is -1.91. The minimum atomic E-state index is 0.663. The van der Waals surface area contributed by atoms with Crippen molar-refractivity contribution in [3.63, 3.8) is 0 Å². The largest absolute Gasteiger partial charge is 0.375 e. The maximum absolute atomic E-state index is 5.75. The smallest absolute Gasteiger partial charge is 0.180 e. The Morgan fingerprint density at radius 1 is 1.09 bits per heavy atom. The predicted octanol–water partition coefficient (Wildman–Crippen LogP) is 4.04. The van der Waals surface area contributed by atoms with Crippen molar-refractivity contribution in [3.8, 4) is 0 Å². The van der Waals surface area contributed by atoms with E-state index in [2.05, 4.69) is 52.3 Å². The van der Waals surface area contributed by atoms with Gasteiger partial charge in [0.1, 0.15) is 0 Å². The minimum Gasteiger partial charge on any atom is -0.375 e. The average molecular weight is 309 g/mol. The number of fused-ring (bicyclic) bond motifs is 1. The highest BCUT2D eigenvalue weighted by Crippen LogP contribution is 2.31. The maximum Gasteiger partial charge on any atom is 0.180 e. The molecule has 0 radical (unpaired) electrons. The quantitative estimate of drug-likeness (QED) is 0.773. The van der Waals surface area contributed by atoms with Crippen LogP contribution >= 0.6 is 11.3 Å². The molecule has 2 aromatic carbocycles. The zero-order chi connectivity index (χ0) is 14.9. The highest BCUT2D eigenvalue weighted by atomic mass is 32.1. The van der Waals surface area contributed by atoms with Gasteiger partial charge in [0, 0.05) is 30.2 Å². The van der Waals surface area contributed by atoms with Crippen LogP contribution in [0.3, 0.4) is 0 Å². The number of aromatic nitrogens is 1. The highest BCUT2D eigenvalue weighted by molar-refractivity contribution is 7.15. The molecule has 3 aromatic rings. The summed E-state index contributed by atoms with van der Waals surface area (Å²) in [6, 6.07) is 16.0. The molecule has 4 rings (SSSR count). The van der Waals surface area contributed by atoms with E-state index >= 15 is 0 Å². The fraction of sp³-hybridized carbons (Fsp3) is 0.278. The Kier molecular flexibility index (Phi) is 3.56. The van der Waals surface area contributed by atoms with Gasteiger partial charge in [0.05, 0.1) is 0 Å². The molecule has 4 heteroatoms. The number of rotatable bonds is 5. The summed E-state index contributed by atoms with van der Waals surface area (Å²) in [7, 11) is 0. The Labute approximate surface area is 134 Å². The van der Waals surface area contributed by atoms with Gasteiger partial charge < -0.3 is 5.73 Å². The van der Waals surface area contributed by atoms with Crippen LogP contribution in [0, 0.1) is 0 Å². The first-order valence-electron chi connectivity index (χ1n) is 7.70. The Morgan fingerprint density at radius 3 is 2.64 bits per heavy atom. The first kappa shape index (κ1) is 13.7. The van der Waals surface area contributed by atoms with Crippen LogP contribution < -0.4 is 5.73 Å². The molecule has 3 nitrogen and oxygen atoms in total. The Morgan fingerprint density at radius 2 is 1.91 bits per heavy atom. The fourth-order valence-electron chi connectivity index (χ4n) is 2.92. The summed E-state index contributed by atoms with van der Waals surface area (Å²) in [4.78, 5) is 7.97. The van der Waals surface area contributed by atoms with Gasteiger partial charge in [-0.3, -0.25) is 4.90 Å². The van der Waals surface area contributed by atoms with E-state index in [1.807, 2.05) is 6.20 Å². The molecule has 0 unspecified atom stereocenters. The van der Waals surface area contributed by atoms with Crippen LogP contribution in [0.1, 0.15) is 23.3 Å². The van der Waals surface area contributed by atoms with Gasteiger partial charge in [-0.05, 0) is 35.2 Å². The molecule has 1 fully saturated rings. The number of hydrogen-bond donors (Lipinski definition) is 1. The Balaban J connectivity index is 1.55. The molecule has 1 aliphatic rings. The lowest BCUT2D eigenvalue weighted by molar-refractivity contribution is 0.248. The van der Waals surface area contributed by atoms with E-state index < -0.39 is 0 Å². The van der Waals surface area contributed by atoms with Crippen molar-refractivity contribution < 1.29 is 0 Å². The van der Waals surface area contributed by atoms with Gasteiger partial charge in [0.15, 0.2) is 5.13 Å². The van der Waals surface area contributed by atoms with Crippen LogP contribution in [-0.4, -0.2) is 15.9 Å². The van der Waals surface area contributed by atoms with Crippen molar-refractivity contribution in [1.29, 1.82) is 0 Å². The molecule has 0 atom stereocenters. The molecule has 0 spiro atoms. The number of thiazole rings is 1. The third-order valence-corrected chi connectivity index (χ3v) is 5.00. The first-order chi connectivity index (χ1) is 10.8. The lowest BCUT2D eigenvalue weighted by Gasteiger charge is -2.21. The van der Waals surface area contributed by atoms with E-state index in [-0.39, 0.29) is 0 Å². The maximum atomic E-state index is 5.75. The normalized spacial score (nSPS) is 14.8. The summed E-state index contributed by atoms with van der Waals surface area (Å²) < 4.78 is 0. The zero-order valence-corrected chi connectivity index (χ0v) is 13.2. The van der Waals surface area contributed by atoms with Gasteiger partial charge >= 0.3 is 0 Å². The van der Waals surface area contributed by atoms with Crippen molar-refractivity contribution in [1.82, 2.24) is 9.88 Å². The highest BCUT2D eigenvalue weighted by Gasteiger charge is 2.29. The number of hydrogen-bond acceptors (Lipinski definition) is 4. The predicted molar refractivity (Wildman–Crippen MR) is 92.7 cm³/mol. The van der Waals surface area contributed by atoms with Gasteiger partial charge in [-0.15, -0.1) is 11.3 Å². The second-order valence-corrected chi connectivity index (χ2v) is 7.13. The van der Waals surface area contributed by atoms with Crippen molar-refractivity contribution in [2.24, 2.45) is 0 Å². The minimum absolute atomic E-state index is 0.663. The van der Waals surface area contributed by atoms with E-state index in [9.17, 15) is 0 Å². The topological polar surface area (TPSA) is 42.1 Å². The standard InChI is InChI=1S/C18H19N3S/c19-18-20-10-17(22-18)12-21(16-7-8-16)11-13-5-6-14-3-1-2-4-15(14)9-13/h1-6,9-10,16H,7-8,11-12H2,(H2,19,20). The number of anilines is 1. The van der Waals surface area contributed by atoms with Crippen LogP contribution in [0.5, 0.6) is 0 Å². The molecule has 22 heavy (non-hydrogen) atoms. The van der Waals surface area contributed by atoms with Crippen molar-refractivity contribution in [2.75, 3.05) is 5.73 Å². The lowest BCUT2D eigenvalue weighted by Crippen LogP contribution is -2.24. The first-order valence-corrected chi connectivity index (χ1v) is 8.51. The summed E-state index contributed by atoms with van der Waals surface area (Å²) in [5, 5.41) is 3.29. The fourth-order valence-corrected chi connectivity index (χ4v) is 3.63. The molecule has 1 heterocycles. The van der Waals surface area contributed by atoms with Crippen LogP contribution in [0.4, 0.5) is 5.13 Å². The second-order valence-electron chi connectivity index (χ2n) is 5.98. The summed E-state index contributed by atoms with van der Waals surface area (Å²) in [6.45, 7) is 1.94. The van der Waals surface area contributed by atoms with Gasteiger partial charge in [0.2, 0.25) is 0 Å². The van der Waals surface area contributed by atoms with E-state index in [0.29, 0.717) is 5.13 Å². The zero-order valence-electron chi connectivity index (χ0n) is 12.4. The van der Waals surface area contributed by atoms with Crippen molar-refractivity contribution in [2.45, 2.75) is 32.0 Å². The number of nitrogens with zero attached hydrogens (tertiary/aromatic N) is 2. The summed E-state index contributed by atoms with van der Waals surface area (Å²) >= 11 is 1.60. The SMILES string of the molecule is Nc1ncc(CN(Cc2ccc3ccccc3c2)C2CC2)s1. The number of nitrogen functional groups attached to an aromatic ring is 1. The number of benzene rings is 2. The second kappa shape index (κ2) is 5.71. The molecule has 2 N–H and O–H groups in total. The van der Waals surface area contributed by atoms with E-state index in [0.717, 1.165) is 19.1 Å². The van der Waals surface area contributed by atoms with E-state index in [4.69, 9.17) is 5.73 Å². The van der Waals surface area contributed by atoms with Gasteiger partial charge in [-0.1, -0.05) is 36.4 Å². The van der Waals surface area contributed by atoms with Gasteiger partial charge in [-0.2, -0.15) is 0 Å². The third-order valence-electron chi connectivity index (χ3n) is 4.19. The Bertz CT molecular complexity index is 792. The molecular formula is C18H19N3S. The molecule has 0 bridgehead atoms. The molecule has 0 aliphatic heterocycles. The summed E-state index contributed by atoms with van der Waals surface area (Å²) in [5.41, 5.74) is 7.13. The molecule has 1 aliphatic carbocycles. The van der Waals surface area contributed by atoms with E-state index in [1.165, 1.54) is 34.1 Å². The van der Waals surface area contributed by atoms with Crippen LogP contribution in [-0.2, 0) is 13.1 Å². The molecular weight excluding hydrogens is 290 g/mol. The molecule has 1 saturated carbocycles. The average Bonchev–Trinajstić information content (AvgIpc) is 3.30. The van der Waals surface area contributed by atoms with Crippen LogP contribution in [0.25, 0.3) is 10.8 Å². The molecule has 0 saturated heterocycles. The van der Waals surface area contributed by atoms with Crippen LogP contribution in [0.2, 0.25) is 0 Å². The number of nitrogens with two attached hydrogens (primary N) is 1. The third kappa shape index (κ3) is 2.98. The molecule has 1 aromatic heterocycles. The van der Waals surface area contributed by atoms with Crippen molar-refractivity contribution >= 4 is 27.2 Å².